The van der Waals surface area contributed by atoms with Gasteiger partial charge < -0.3 is 10.1 Å². The minimum absolute atomic E-state index is 0.106. The van der Waals surface area contributed by atoms with E-state index in [0.717, 1.165) is 18.5 Å². The Hall–Kier alpha value is -3.47. The van der Waals surface area contributed by atoms with Crippen LogP contribution in [-0.4, -0.2) is 19.9 Å². The average molecular weight is 412 g/mol. The number of anilines is 2. The molecule has 0 unspecified atom stereocenters. The number of aromatic nitrogens is 3. The molecule has 0 fully saturated rings. The van der Waals surface area contributed by atoms with Crippen molar-refractivity contribution < 1.29 is 22.8 Å². The summed E-state index contributed by atoms with van der Waals surface area (Å²) in [6.45, 7) is 0. The summed E-state index contributed by atoms with van der Waals surface area (Å²) in [6, 6.07) is 6.02. The number of alkyl halides is 3. The van der Waals surface area contributed by atoms with Crippen LogP contribution in [0, 0.1) is 10.1 Å². The molecule has 1 N–H and O–H groups in total. The Morgan fingerprint density at radius 2 is 2.00 bits per heavy atom. The molecule has 2 aromatic heterocycles. The largest absolute Gasteiger partial charge is 0.432 e. The average Bonchev–Trinajstić information content (AvgIpc) is 2.63. The lowest BCUT2D eigenvalue weighted by Crippen LogP contribution is -2.07. The topological polar surface area (TPSA) is 103 Å². The standard InChI is InChI=1S/C16H9ClF3N5O3/c17-12-4-3-9(6-11(12)16(18,19)20)24-14-13(25(26)27)15(23-8-22-14)28-10-2-1-5-21-7-10/h1-8H,(H,22,23,24). The van der Waals surface area contributed by atoms with Gasteiger partial charge in [-0.15, -0.1) is 0 Å². The van der Waals surface area contributed by atoms with Crippen LogP contribution < -0.4 is 10.1 Å². The highest BCUT2D eigenvalue weighted by atomic mass is 35.5. The van der Waals surface area contributed by atoms with Crippen LogP contribution in [0.3, 0.4) is 0 Å². The molecule has 0 saturated heterocycles. The smallest absolute Gasteiger partial charge is 0.417 e. The van der Waals surface area contributed by atoms with E-state index in [1.807, 2.05) is 0 Å². The highest BCUT2D eigenvalue weighted by molar-refractivity contribution is 6.31. The van der Waals surface area contributed by atoms with Crippen LogP contribution in [0.1, 0.15) is 5.56 Å². The fourth-order valence-corrected chi connectivity index (χ4v) is 2.39. The van der Waals surface area contributed by atoms with Crippen molar-refractivity contribution in [2.75, 3.05) is 5.32 Å². The molecule has 2 heterocycles. The first-order valence-corrected chi connectivity index (χ1v) is 7.84. The van der Waals surface area contributed by atoms with Crippen molar-refractivity contribution >= 4 is 28.8 Å². The third-order valence-corrected chi connectivity index (χ3v) is 3.68. The summed E-state index contributed by atoms with van der Waals surface area (Å²) in [4.78, 5) is 22.0. The van der Waals surface area contributed by atoms with E-state index < -0.39 is 33.3 Å². The second-order valence-electron chi connectivity index (χ2n) is 5.24. The van der Waals surface area contributed by atoms with Gasteiger partial charge in [0, 0.05) is 11.9 Å². The summed E-state index contributed by atoms with van der Waals surface area (Å²) < 4.78 is 44.4. The number of nitrogens with one attached hydrogen (secondary N) is 1. The number of benzene rings is 1. The molecule has 0 aliphatic heterocycles. The fourth-order valence-electron chi connectivity index (χ4n) is 2.17. The van der Waals surface area contributed by atoms with Crippen LogP contribution >= 0.6 is 11.6 Å². The minimum Gasteiger partial charge on any atom is -0.432 e. The van der Waals surface area contributed by atoms with Gasteiger partial charge in [-0.25, -0.2) is 4.98 Å². The van der Waals surface area contributed by atoms with Gasteiger partial charge in [0.1, 0.15) is 12.1 Å². The van der Waals surface area contributed by atoms with Gasteiger partial charge in [-0.1, -0.05) is 11.6 Å². The molecule has 0 aliphatic rings. The molecule has 3 rings (SSSR count). The zero-order valence-electron chi connectivity index (χ0n) is 13.6. The molecular weight excluding hydrogens is 403 g/mol. The van der Waals surface area contributed by atoms with Crippen molar-refractivity contribution in [2.24, 2.45) is 0 Å². The lowest BCUT2D eigenvalue weighted by atomic mass is 10.2. The van der Waals surface area contributed by atoms with Gasteiger partial charge >= 0.3 is 17.7 Å². The maximum atomic E-state index is 13.0. The number of hydrogen-bond acceptors (Lipinski definition) is 7. The summed E-state index contributed by atoms with van der Waals surface area (Å²) in [5, 5.41) is 13.5. The Morgan fingerprint density at radius 1 is 1.21 bits per heavy atom. The van der Waals surface area contributed by atoms with E-state index in [4.69, 9.17) is 16.3 Å². The Labute approximate surface area is 160 Å². The van der Waals surface area contributed by atoms with E-state index in [9.17, 15) is 23.3 Å². The number of nitrogens with zero attached hydrogens (tertiary/aromatic N) is 4. The first-order chi connectivity index (χ1) is 13.3. The van der Waals surface area contributed by atoms with E-state index >= 15 is 0 Å². The SMILES string of the molecule is O=[N+]([O-])c1c(Nc2ccc(Cl)c(C(F)(F)F)c2)ncnc1Oc1cccnc1. The quantitative estimate of drug-likeness (QED) is 0.466. The van der Waals surface area contributed by atoms with Gasteiger partial charge in [0.15, 0.2) is 0 Å². The van der Waals surface area contributed by atoms with Gasteiger partial charge in [0.2, 0.25) is 5.82 Å². The molecule has 0 bridgehead atoms. The molecule has 0 atom stereocenters. The Kier molecular flexibility index (Phi) is 5.27. The van der Waals surface area contributed by atoms with E-state index in [-0.39, 0.29) is 17.3 Å². The molecule has 0 aliphatic carbocycles. The van der Waals surface area contributed by atoms with Gasteiger partial charge in [-0.05, 0) is 30.3 Å². The maximum Gasteiger partial charge on any atom is 0.417 e. The van der Waals surface area contributed by atoms with Crippen LogP contribution in [0.25, 0.3) is 0 Å². The summed E-state index contributed by atoms with van der Waals surface area (Å²) in [5.74, 6) is -0.573. The van der Waals surface area contributed by atoms with Crippen LogP contribution in [0.15, 0.2) is 49.1 Å². The predicted molar refractivity (Wildman–Crippen MR) is 92.7 cm³/mol. The Bertz CT molecular complexity index is 1020. The molecular formula is C16H9ClF3N5O3. The van der Waals surface area contributed by atoms with E-state index in [1.54, 1.807) is 6.07 Å². The molecule has 0 radical (unpaired) electrons. The van der Waals surface area contributed by atoms with Crippen molar-refractivity contribution in [2.45, 2.75) is 6.18 Å². The summed E-state index contributed by atoms with van der Waals surface area (Å²) in [7, 11) is 0. The van der Waals surface area contributed by atoms with Crippen LogP contribution in [0.4, 0.5) is 30.4 Å². The minimum atomic E-state index is -4.69. The van der Waals surface area contributed by atoms with E-state index in [1.165, 1.54) is 24.5 Å². The van der Waals surface area contributed by atoms with E-state index in [2.05, 4.69) is 20.3 Å². The monoisotopic (exact) mass is 411 g/mol. The third-order valence-electron chi connectivity index (χ3n) is 3.35. The number of pyridine rings is 1. The molecule has 8 nitrogen and oxygen atoms in total. The Morgan fingerprint density at radius 3 is 2.64 bits per heavy atom. The molecule has 0 saturated carbocycles. The molecule has 144 valence electrons. The Balaban J connectivity index is 1.99. The molecule has 28 heavy (non-hydrogen) atoms. The number of rotatable bonds is 5. The number of hydrogen-bond donors (Lipinski definition) is 1. The molecule has 12 heteroatoms. The number of ether oxygens (including phenoxy) is 1. The second-order valence-corrected chi connectivity index (χ2v) is 5.65. The lowest BCUT2D eigenvalue weighted by Gasteiger charge is -2.12. The van der Waals surface area contributed by atoms with Crippen molar-refractivity contribution in [3.8, 4) is 11.6 Å². The third kappa shape index (κ3) is 4.26. The van der Waals surface area contributed by atoms with Crippen LogP contribution in [0.5, 0.6) is 11.6 Å². The first-order valence-electron chi connectivity index (χ1n) is 7.46. The predicted octanol–water partition coefficient (Wildman–Crippen LogP) is 4.99. The normalized spacial score (nSPS) is 11.1. The van der Waals surface area contributed by atoms with Gasteiger partial charge in [-0.3, -0.25) is 15.1 Å². The molecule has 3 aromatic rings. The second kappa shape index (κ2) is 7.64. The van der Waals surface area contributed by atoms with Crippen molar-refractivity contribution in [3.63, 3.8) is 0 Å². The lowest BCUT2D eigenvalue weighted by molar-refractivity contribution is -0.385. The zero-order valence-corrected chi connectivity index (χ0v) is 14.4. The van der Waals surface area contributed by atoms with Gasteiger partial charge in [0.25, 0.3) is 0 Å². The molecule has 0 spiro atoms. The zero-order chi connectivity index (χ0) is 20.3. The number of halogens is 4. The van der Waals surface area contributed by atoms with Crippen molar-refractivity contribution in [1.82, 2.24) is 15.0 Å². The van der Waals surface area contributed by atoms with Crippen LogP contribution in [-0.2, 0) is 6.18 Å². The van der Waals surface area contributed by atoms with E-state index in [0.29, 0.717) is 0 Å². The summed E-state index contributed by atoms with van der Waals surface area (Å²) in [6.07, 6.45) is -0.927. The molecule has 1 aromatic carbocycles. The highest BCUT2D eigenvalue weighted by Crippen LogP contribution is 2.39. The van der Waals surface area contributed by atoms with Gasteiger partial charge in [0.05, 0.1) is 21.7 Å². The fraction of sp³-hybridized carbons (Fsp3) is 0.0625. The van der Waals surface area contributed by atoms with Crippen molar-refractivity contribution in [1.29, 1.82) is 0 Å². The number of nitro groups is 1. The summed E-state index contributed by atoms with van der Waals surface area (Å²) in [5.41, 5.74) is -1.86. The summed E-state index contributed by atoms with van der Waals surface area (Å²) >= 11 is 5.57. The van der Waals surface area contributed by atoms with Crippen molar-refractivity contribution in [3.05, 3.63) is 69.8 Å². The maximum absolute atomic E-state index is 13.0. The van der Waals surface area contributed by atoms with Gasteiger partial charge in [-0.2, -0.15) is 18.2 Å². The molecule has 0 amide bonds. The highest BCUT2D eigenvalue weighted by Gasteiger charge is 2.34. The van der Waals surface area contributed by atoms with Crippen LogP contribution in [0.2, 0.25) is 5.02 Å². The first kappa shape index (κ1) is 19.3.